The van der Waals surface area contributed by atoms with Crippen molar-refractivity contribution in [2.75, 3.05) is 18.4 Å². The molecule has 0 spiro atoms. The molecule has 5 heteroatoms. The maximum absolute atomic E-state index is 8.61. The molecule has 1 aliphatic rings. The Kier molecular flexibility index (Phi) is 2.56. The van der Waals surface area contributed by atoms with Gasteiger partial charge in [-0.1, -0.05) is 0 Å². The quantitative estimate of drug-likeness (QED) is 0.691. The first kappa shape index (κ1) is 8.91. The van der Waals surface area contributed by atoms with Crippen LogP contribution in [0.1, 0.15) is 12.2 Å². The fourth-order valence-corrected chi connectivity index (χ4v) is 1.48. The van der Waals surface area contributed by atoms with Crippen LogP contribution in [-0.4, -0.2) is 29.1 Å². The van der Waals surface area contributed by atoms with Gasteiger partial charge in [-0.2, -0.15) is 5.26 Å². The maximum atomic E-state index is 8.61. The van der Waals surface area contributed by atoms with E-state index in [0.29, 0.717) is 6.04 Å². The molecule has 5 nitrogen and oxygen atoms in total. The lowest BCUT2D eigenvalue weighted by atomic mass is 10.2. The molecule has 0 amide bonds. The van der Waals surface area contributed by atoms with Crippen molar-refractivity contribution in [2.45, 2.75) is 12.5 Å². The Hall–Kier alpha value is -1.67. The Morgan fingerprint density at radius 1 is 1.64 bits per heavy atom. The van der Waals surface area contributed by atoms with Crippen molar-refractivity contribution in [1.82, 2.24) is 15.3 Å². The van der Waals surface area contributed by atoms with Gasteiger partial charge in [-0.05, 0) is 19.0 Å². The number of rotatable bonds is 2. The highest BCUT2D eigenvalue weighted by Crippen LogP contribution is 2.07. The zero-order valence-electron chi connectivity index (χ0n) is 7.70. The lowest BCUT2D eigenvalue weighted by molar-refractivity contribution is 0.786. The molecule has 1 fully saturated rings. The highest BCUT2D eigenvalue weighted by molar-refractivity contribution is 5.36. The third kappa shape index (κ3) is 1.98. The normalized spacial score (nSPS) is 20.4. The molecular formula is C9H11N5. The lowest BCUT2D eigenvalue weighted by Gasteiger charge is -2.10. The standard InChI is InChI=1S/C9H11N5/c10-5-9-12-4-2-8(14-9)13-7-1-3-11-6-7/h2,4,7,11H,1,3,6H2,(H,12,13,14)/t7-/m1/s1. The van der Waals surface area contributed by atoms with Crippen molar-refractivity contribution in [1.29, 1.82) is 5.26 Å². The van der Waals surface area contributed by atoms with Gasteiger partial charge in [0.2, 0.25) is 5.82 Å². The van der Waals surface area contributed by atoms with Gasteiger partial charge in [0, 0.05) is 18.8 Å². The molecule has 0 unspecified atom stereocenters. The molecule has 0 aliphatic carbocycles. The van der Waals surface area contributed by atoms with Gasteiger partial charge < -0.3 is 10.6 Å². The minimum absolute atomic E-state index is 0.209. The third-order valence-corrected chi connectivity index (χ3v) is 2.17. The van der Waals surface area contributed by atoms with Gasteiger partial charge in [0.05, 0.1) is 0 Å². The first-order chi connectivity index (χ1) is 6.88. The van der Waals surface area contributed by atoms with Crippen molar-refractivity contribution in [3.63, 3.8) is 0 Å². The SMILES string of the molecule is N#Cc1nccc(N[C@@H]2CCNC2)n1. The number of nitrogens with one attached hydrogen (secondary N) is 2. The van der Waals surface area contributed by atoms with E-state index < -0.39 is 0 Å². The molecular weight excluding hydrogens is 178 g/mol. The molecule has 1 saturated heterocycles. The van der Waals surface area contributed by atoms with Crippen molar-refractivity contribution in [3.8, 4) is 6.07 Å². The minimum Gasteiger partial charge on any atom is -0.366 e. The zero-order chi connectivity index (χ0) is 9.80. The predicted octanol–water partition coefficient (Wildman–Crippen LogP) is 0.122. The van der Waals surface area contributed by atoms with Crippen LogP contribution >= 0.6 is 0 Å². The molecule has 0 saturated carbocycles. The van der Waals surface area contributed by atoms with Gasteiger partial charge in [0.15, 0.2) is 0 Å². The number of nitriles is 1. The summed E-state index contributed by atoms with van der Waals surface area (Å²) < 4.78 is 0. The first-order valence-corrected chi connectivity index (χ1v) is 4.59. The van der Waals surface area contributed by atoms with Crippen LogP contribution in [0.25, 0.3) is 0 Å². The van der Waals surface area contributed by atoms with Crippen LogP contribution in [-0.2, 0) is 0 Å². The van der Waals surface area contributed by atoms with Gasteiger partial charge in [-0.15, -0.1) is 0 Å². The van der Waals surface area contributed by atoms with Crippen LogP contribution in [0.2, 0.25) is 0 Å². The highest BCUT2D eigenvalue weighted by atomic mass is 15.1. The molecule has 0 bridgehead atoms. The fraction of sp³-hybridized carbons (Fsp3) is 0.444. The molecule has 0 radical (unpaired) electrons. The van der Waals surface area contributed by atoms with Crippen LogP contribution in [0.3, 0.4) is 0 Å². The summed E-state index contributed by atoms with van der Waals surface area (Å²) in [5.41, 5.74) is 0. The molecule has 72 valence electrons. The molecule has 1 aromatic heterocycles. The summed E-state index contributed by atoms with van der Waals surface area (Å²) >= 11 is 0. The van der Waals surface area contributed by atoms with E-state index in [0.717, 1.165) is 25.3 Å². The van der Waals surface area contributed by atoms with E-state index in [4.69, 9.17) is 5.26 Å². The van der Waals surface area contributed by atoms with Crippen LogP contribution in [0, 0.1) is 11.3 Å². The van der Waals surface area contributed by atoms with Gasteiger partial charge >= 0.3 is 0 Å². The van der Waals surface area contributed by atoms with Gasteiger partial charge in [-0.3, -0.25) is 0 Å². The summed E-state index contributed by atoms with van der Waals surface area (Å²) in [6.07, 6.45) is 2.68. The second-order valence-corrected chi connectivity index (χ2v) is 3.21. The second-order valence-electron chi connectivity index (χ2n) is 3.21. The van der Waals surface area contributed by atoms with Crippen molar-refractivity contribution < 1.29 is 0 Å². The summed E-state index contributed by atoms with van der Waals surface area (Å²) in [4.78, 5) is 7.85. The van der Waals surface area contributed by atoms with E-state index in [1.807, 2.05) is 6.07 Å². The molecule has 1 atom stereocenters. The Morgan fingerprint density at radius 2 is 2.57 bits per heavy atom. The van der Waals surface area contributed by atoms with Gasteiger partial charge in [0.1, 0.15) is 11.9 Å². The van der Waals surface area contributed by atoms with E-state index >= 15 is 0 Å². The Bertz CT molecular complexity index is 350. The molecule has 2 heterocycles. The molecule has 2 N–H and O–H groups in total. The van der Waals surface area contributed by atoms with E-state index in [1.54, 1.807) is 12.3 Å². The zero-order valence-corrected chi connectivity index (χ0v) is 7.70. The summed E-state index contributed by atoms with van der Waals surface area (Å²) in [7, 11) is 0. The van der Waals surface area contributed by atoms with Crippen LogP contribution in [0.5, 0.6) is 0 Å². The van der Waals surface area contributed by atoms with Crippen LogP contribution in [0.4, 0.5) is 5.82 Å². The maximum Gasteiger partial charge on any atom is 0.234 e. The Morgan fingerprint density at radius 3 is 3.29 bits per heavy atom. The largest absolute Gasteiger partial charge is 0.366 e. The highest BCUT2D eigenvalue weighted by Gasteiger charge is 2.14. The molecule has 1 aromatic rings. The van der Waals surface area contributed by atoms with E-state index in [2.05, 4.69) is 20.6 Å². The Labute approximate surface area is 82.2 Å². The fourth-order valence-electron chi connectivity index (χ4n) is 1.48. The van der Waals surface area contributed by atoms with E-state index in [1.165, 1.54) is 0 Å². The van der Waals surface area contributed by atoms with E-state index in [-0.39, 0.29) is 5.82 Å². The van der Waals surface area contributed by atoms with E-state index in [9.17, 15) is 0 Å². The minimum atomic E-state index is 0.209. The lowest BCUT2D eigenvalue weighted by Crippen LogP contribution is -2.22. The van der Waals surface area contributed by atoms with Crippen molar-refractivity contribution >= 4 is 5.82 Å². The van der Waals surface area contributed by atoms with Gasteiger partial charge in [0.25, 0.3) is 0 Å². The first-order valence-electron chi connectivity index (χ1n) is 4.59. The number of hydrogen-bond acceptors (Lipinski definition) is 5. The Balaban J connectivity index is 2.05. The van der Waals surface area contributed by atoms with Crippen molar-refractivity contribution in [2.24, 2.45) is 0 Å². The topological polar surface area (TPSA) is 73.6 Å². The molecule has 2 rings (SSSR count). The summed E-state index contributed by atoms with van der Waals surface area (Å²) in [6.45, 7) is 1.99. The summed E-state index contributed by atoms with van der Waals surface area (Å²) in [6, 6.07) is 4.10. The summed E-state index contributed by atoms with van der Waals surface area (Å²) in [5.74, 6) is 0.936. The van der Waals surface area contributed by atoms with Crippen molar-refractivity contribution in [3.05, 3.63) is 18.1 Å². The number of nitrogens with zero attached hydrogens (tertiary/aromatic N) is 3. The average Bonchev–Trinajstić information content (AvgIpc) is 2.71. The van der Waals surface area contributed by atoms with Crippen LogP contribution in [0.15, 0.2) is 12.3 Å². The number of hydrogen-bond donors (Lipinski definition) is 2. The summed E-state index contributed by atoms with van der Waals surface area (Å²) in [5, 5.41) is 15.1. The third-order valence-electron chi connectivity index (χ3n) is 2.17. The smallest absolute Gasteiger partial charge is 0.234 e. The predicted molar refractivity (Wildman–Crippen MR) is 51.6 cm³/mol. The number of aromatic nitrogens is 2. The molecule has 0 aromatic carbocycles. The molecule has 1 aliphatic heterocycles. The van der Waals surface area contributed by atoms with Gasteiger partial charge in [-0.25, -0.2) is 9.97 Å². The average molecular weight is 189 g/mol. The second kappa shape index (κ2) is 4.03. The molecule has 14 heavy (non-hydrogen) atoms. The number of anilines is 1. The van der Waals surface area contributed by atoms with Crippen LogP contribution < -0.4 is 10.6 Å². The monoisotopic (exact) mass is 189 g/mol.